The Morgan fingerprint density at radius 2 is 1.57 bits per heavy atom. The van der Waals surface area contributed by atoms with Gasteiger partial charge in [0.25, 0.3) is 0 Å². The minimum atomic E-state index is -0.132. The number of anilines is 2. The molecule has 3 aromatic rings. The van der Waals surface area contributed by atoms with E-state index in [4.69, 9.17) is 0 Å². The lowest BCUT2D eigenvalue weighted by Gasteiger charge is -2.30. The Kier molecular flexibility index (Phi) is 5.32. The summed E-state index contributed by atoms with van der Waals surface area (Å²) in [5, 5.41) is 4.89. The Bertz CT molecular complexity index is 1520. The van der Waals surface area contributed by atoms with Gasteiger partial charge < -0.3 is 9.80 Å². The molecule has 1 unspecified atom stereocenters. The van der Waals surface area contributed by atoms with Crippen LogP contribution in [0.3, 0.4) is 0 Å². The molecule has 0 bridgehead atoms. The molecule has 0 amide bonds. The molecule has 5 rings (SSSR count). The SMILES string of the molecule is C=C/C=c1/c2c(ccc1=C)N(C)/C(=C/C=C/C1N(C)c3ccc4ccccc4c3C1(C)C)C2(C)C. The van der Waals surface area contributed by atoms with Crippen molar-refractivity contribution in [2.75, 3.05) is 23.9 Å². The number of fused-ring (bicyclic) bond motifs is 4. The predicted octanol–water partition coefficient (Wildman–Crippen LogP) is 6.18. The zero-order valence-corrected chi connectivity index (χ0v) is 21.9. The first-order chi connectivity index (χ1) is 16.6. The highest BCUT2D eigenvalue weighted by atomic mass is 15.2. The summed E-state index contributed by atoms with van der Waals surface area (Å²) in [6.07, 6.45) is 10.9. The molecule has 2 heterocycles. The fourth-order valence-corrected chi connectivity index (χ4v) is 6.53. The minimum absolute atomic E-state index is 0.00508. The Morgan fingerprint density at radius 3 is 2.31 bits per heavy atom. The maximum atomic E-state index is 4.28. The molecule has 178 valence electrons. The van der Waals surface area contributed by atoms with Crippen molar-refractivity contribution in [1.29, 1.82) is 0 Å². The zero-order chi connectivity index (χ0) is 25.1. The predicted molar refractivity (Wildman–Crippen MR) is 154 cm³/mol. The molecule has 3 aromatic carbocycles. The quantitative estimate of drug-likeness (QED) is 0.460. The number of allylic oxidation sites excluding steroid dienone is 4. The summed E-state index contributed by atoms with van der Waals surface area (Å²) >= 11 is 0. The monoisotopic (exact) mass is 460 g/mol. The van der Waals surface area contributed by atoms with Gasteiger partial charge in [0, 0.05) is 42.0 Å². The molecule has 35 heavy (non-hydrogen) atoms. The third-order valence-electron chi connectivity index (χ3n) is 8.22. The van der Waals surface area contributed by atoms with Crippen LogP contribution in [0.1, 0.15) is 38.8 Å². The molecule has 0 N–H and O–H groups in total. The number of nitrogens with zero attached hydrogens (tertiary/aromatic N) is 2. The molecule has 2 aliphatic heterocycles. The second-order valence-electron chi connectivity index (χ2n) is 11.0. The molecule has 0 saturated carbocycles. The lowest BCUT2D eigenvalue weighted by molar-refractivity contribution is 0.490. The van der Waals surface area contributed by atoms with Crippen molar-refractivity contribution in [3.8, 4) is 0 Å². The van der Waals surface area contributed by atoms with Gasteiger partial charge in [-0.1, -0.05) is 102 Å². The second kappa shape index (κ2) is 8.02. The molecular weight excluding hydrogens is 424 g/mol. The molecule has 1 atom stereocenters. The Morgan fingerprint density at radius 1 is 0.857 bits per heavy atom. The highest BCUT2D eigenvalue weighted by Gasteiger charge is 2.43. The summed E-state index contributed by atoms with van der Waals surface area (Å²) in [4.78, 5) is 4.76. The van der Waals surface area contributed by atoms with E-state index < -0.39 is 0 Å². The molecule has 0 fully saturated rings. The van der Waals surface area contributed by atoms with E-state index in [1.165, 1.54) is 44.2 Å². The van der Waals surface area contributed by atoms with E-state index in [9.17, 15) is 0 Å². The van der Waals surface area contributed by atoms with Gasteiger partial charge in [0.15, 0.2) is 0 Å². The lowest BCUT2D eigenvalue weighted by Crippen LogP contribution is -2.37. The van der Waals surface area contributed by atoms with Crippen molar-refractivity contribution in [2.24, 2.45) is 0 Å². The van der Waals surface area contributed by atoms with E-state index >= 15 is 0 Å². The van der Waals surface area contributed by atoms with Gasteiger partial charge in [-0.2, -0.15) is 0 Å². The maximum Gasteiger partial charge on any atom is 0.0565 e. The molecule has 2 aliphatic rings. The van der Waals surface area contributed by atoms with Crippen LogP contribution in [0.4, 0.5) is 11.4 Å². The standard InChI is InChI=1S/C33H36N2/c1-9-13-24-22(2)18-20-26-30(24)32(3,4)28(34(26)7)16-12-17-29-33(5,6)31-25-15-11-10-14-23(25)19-21-27(31)35(29)8/h9-21,29H,1-2H2,3-8H3/b17-12+,24-13+,28-16+. The Hall–Kier alpha value is -3.52. The number of rotatable bonds is 3. The first kappa shape index (κ1) is 23.2. The fourth-order valence-electron chi connectivity index (χ4n) is 6.53. The van der Waals surface area contributed by atoms with Gasteiger partial charge >= 0.3 is 0 Å². The highest BCUT2D eigenvalue weighted by Crippen LogP contribution is 2.48. The molecule has 2 heteroatoms. The first-order valence-electron chi connectivity index (χ1n) is 12.4. The zero-order valence-electron chi connectivity index (χ0n) is 21.9. The van der Waals surface area contributed by atoms with Crippen LogP contribution in [0.2, 0.25) is 0 Å². The van der Waals surface area contributed by atoms with Crippen LogP contribution < -0.4 is 20.2 Å². The van der Waals surface area contributed by atoms with Crippen molar-refractivity contribution in [3.63, 3.8) is 0 Å². The largest absolute Gasteiger partial charge is 0.367 e. The third-order valence-corrected chi connectivity index (χ3v) is 8.22. The van der Waals surface area contributed by atoms with E-state index in [2.05, 4.69) is 138 Å². The highest BCUT2D eigenvalue weighted by molar-refractivity contribution is 5.93. The van der Waals surface area contributed by atoms with Gasteiger partial charge in [-0.25, -0.2) is 0 Å². The summed E-state index contributed by atoms with van der Waals surface area (Å²) in [5.74, 6) is 0. The van der Waals surface area contributed by atoms with Gasteiger partial charge in [-0.05, 0) is 50.5 Å². The summed E-state index contributed by atoms with van der Waals surface area (Å²) in [7, 11) is 4.39. The van der Waals surface area contributed by atoms with Gasteiger partial charge in [0.1, 0.15) is 0 Å². The molecule has 2 nitrogen and oxygen atoms in total. The first-order valence-corrected chi connectivity index (χ1v) is 12.4. The maximum absolute atomic E-state index is 4.28. The lowest BCUT2D eigenvalue weighted by atomic mass is 9.78. The van der Waals surface area contributed by atoms with Crippen molar-refractivity contribution in [3.05, 3.63) is 107 Å². The van der Waals surface area contributed by atoms with Crippen LogP contribution in [0.5, 0.6) is 0 Å². The van der Waals surface area contributed by atoms with Gasteiger partial charge in [-0.3, -0.25) is 0 Å². The topological polar surface area (TPSA) is 6.48 Å². The number of hydrogen-bond acceptors (Lipinski definition) is 2. The number of likely N-dealkylation sites (N-methyl/N-ethyl adjacent to an activating group) is 2. The Labute approximate surface area is 209 Å². The van der Waals surface area contributed by atoms with Crippen LogP contribution in [-0.2, 0) is 10.8 Å². The Balaban J connectivity index is 1.55. The molecule has 0 aliphatic carbocycles. The van der Waals surface area contributed by atoms with Crippen molar-refractivity contribution in [1.82, 2.24) is 0 Å². The number of hydrogen-bond donors (Lipinski definition) is 0. The average Bonchev–Trinajstić information content (AvgIpc) is 3.14. The minimum Gasteiger partial charge on any atom is -0.367 e. The number of benzene rings is 3. The smallest absolute Gasteiger partial charge is 0.0565 e. The van der Waals surface area contributed by atoms with E-state index in [-0.39, 0.29) is 16.9 Å². The molecule has 0 saturated heterocycles. The van der Waals surface area contributed by atoms with Crippen molar-refractivity contribution in [2.45, 2.75) is 44.6 Å². The van der Waals surface area contributed by atoms with Crippen LogP contribution in [0, 0.1) is 0 Å². The summed E-state index contributed by atoms with van der Waals surface area (Å²) in [5.41, 5.74) is 6.49. The van der Waals surface area contributed by atoms with Crippen LogP contribution in [0.25, 0.3) is 23.4 Å². The van der Waals surface area contributed by atoms with E-state index in [1.807, 2.05) is 6.08 Å². The van der Waals surface area contributed by atoms with E-state index in [1.54, 1.807) is 0 Å². The summed E-state index contributed by atoms with van der Waals surface area (Å²) in [6, 6.07) is 17.9. The molecule has 0 radical (unpaired) electrons. The molecule has 0 spiro atoms. The summed E-state index contributed by atoms with van der Waals surface area (Å²) < 4.78 is 0. The fraction of sp³-hybridized carbons (Fsp3) is 0.273. The van der Waals surface area contributed by atoms with E-state index in [0.717, 1.165) is 5.22 Å². The van der Waals surface area contributed by atoms with Gasteiger partial charge in [0.2, 0.25) is 0 Å². The van der Waals surface area contributed by atoms with E-state index in [0.29, 0.717) is 0 Å². The van der Waals surface area contributed by atoms with Crippen LogP contribution >= 0.6 is 0 Å². The van der Waals surface area contributed by atoms with Gasteiger partial charge in [-0.15, -0.1) is 0 Å². The van der Waals surface area contributed by atoms with Crippen LogP contribution in [-0.4, -0.2) is 20.1 Å². The molecular formula is C33H36N2. The van der Waals surface area contributed by atoms with Crippen molar-refractivity contribution < 1.29 is 0 Å². The third kappa shape index (κ3) is 3.31. The molecule has 0 aromatic heterocycles. The van der Waals surface area contributed by atoms with Crippen LogP contribution in [0.15, 0.2) is 85.1 Å². The normalized spacial score (nSPS) is 21.8. The summed E-state index contributed by atoms with van der Waals surface area (Å²) in [6.45, 7) is 17.6. The van der Waals surface area contributed by atoms with Crippen molar-refractivity contribution >= 4 is 34.8 Å². The average molecular weight is 461 g/mol. The van der Waals surface area contributed by atoms with Gasteiger partial charge in [0.05, 0.1) is 6.04 Å². The second-order valence-corrected chi connectivity index (χ2v) is 11.0.